The maximum Gasteiger partial charge on any atom is 0.239 e. The minimum atomic E-state index is -3.76. The SMILES string of the molecule is C=CC1N\C=C(S(N)(=O)=O)/C=C\C(C)=N\[C@@H]1C=C. The summed E-state index contributed by atoms with van der Waals surface area (Å²) in [4.78, 5) is 4.39. The highest BCUT2D eigenvalue weighted by atomic mass is 32.2. The lowest BCUT2D eigenvalue weighted by Crippen LogP contribution is -2.33. The predicted octanol–water partition coefficient (Wildman–Crippen LogP) is 0.846. The molecule has 0 radical (unpaired) electrons. The van der Waals surface area contributed by atoms with Crippen molar-refractivity contribution in [2.45, 2.75) is 19.0 Å². The van der Waals surface area contributed by atoms with Gasteiger partial charge in [0.25, 0.3) is 0 Å². The molecule has 0 bridgehead atoms. The quantitative estimate of drug-likeness (QED) is 0.743. The molecule has 3 N–H and O–H groups in total. The number of hydrogen-bond donors (Lipinski definition) is 2. The summed E-state index contributed by atoms with van der Waals surface area (Å²) >= 11 is 0. The topological polar surface area (TPSA) is 84.5 Å². The number of nitrogens with one attached hydrogen (secondary N) is 1. The highest BCUT2D eigenvalue weighted by Crippen LogP contribution is 2.10. The van der Waals surface area contributed by atoms with Gasteiger partial charge in [0, 0.05) is 11.9 Å². The van der Waals surface area contributed by atoms with Gasteiger partial charge in [-0.2, -0.15) is 0 Å². The van der Waals surface area contributed by atoms with Gasteiger partial charge in [-0.25, -0.2) is 13.6 Å². The second kappa shape index (κ2) is 5.79. The van der Waals surface area contributed by atoms with Gasteiger partial charge < -0.3 is 5.32 Å². The number of nitrogens with zero attached hydrogens (tertiary/aromatic N) is 1. The van der Waals surface area contributed by atoms with Crippen molar-refractivity contribution >= 4 is 15.7 Å². The van der Waals surface area contributed by atoms with Crippen LogP contribution in [-0.2, 0) is 10.0 Å². The molecular formula is C12H17N3O2S. The predicted molar refractivity (Wildman–Crippen MR) is 74.5 cm³/mol. The number of allylic oxidation sites excluding steroid dienone is 2. The van der Waals surface area contributed by atoms with Gasteiger partial charge in [-0.1, -0.05) is 12.2 Å². The summed E-state index contributed by atoms with van der Waals surface area (Å²) in [6, 6.07) is -0.461. The van der Waals surface area contributed by atoms with Crippen molar-refractivity contribution < 1.29 is 8.42 Å². The maximum absolute atomic E-state index is 11.3. The smallest absolute Gasteiger partial charge is 0.239 e. The largest absolute Gasteiger partial charge is 0.381 e. The zero-order valence-corrected chi connectivity index (χ0v) is 11.0. The summed E-state index contributed by atoms with van der Waals surface area (Å²) in [5.41, 5.74) is 0.685. The zero-order chi connectivity index (χ0) is 13.8. The third kappa shape index (κ3) is 3.68. The molecule has 1 aliphatic heterocycles. The first kappa shape index (κ1) is 14.4. The van der Waals surface area contributed by atoms with E-state index in [0.29, 0.717) is 5.71 Å². The van der Waals surface area contributed by atoms with Crippen LogP contribution in [0.3, 0.4) is 0 Å². The van der Waals surface area contributed by atoms with E-state index >= 15 is 0 Å². The Labute approximate surface area is 108 Å². The summed E-state index contributed by atoms with van der Waals surface area (Å²) < 4.78 is 22.7. The van der Waals surface area contributed by atoms with E-state index in [1.807, 2.05) is 0 Å². The number of primary sulfonamides is 1. The molecule has 0 fully saturated rings. The zero-order valence-electron chi connectivity index (χ0n) is 10.2. The molecule has 2 atom stereocenters. The van der Waals surface area contributed by atoms with Gasteiger partial charge >= 0.3 is 0 Å². The average Bonchev–Trinajstić information content (AvgIpc) is 2.36. The van der Waals surface area contributed by atoms with Gasteiger partial charge in [0.2, 0.25) is 10.0 Å². The number of nitrogens with two attached hydrogens (primary N) is 1. The monoisotopic (exact) mass is 267 g/mol. The van der Waals surface area contributed by atoms with E-state index in [4.69, 9.17) is 5.14 Å². The van der Waals surface area contributed by atoms with Crippen molar-refractivity contribution in [3.8, 4) is 0 Å². The first-order valence-corrected chi connectivity index (χ1v) is 6.89. The first-order chi connectivity index (χ1) is 8.38. The van der Waals surface area contributed by atoms with Crippen LogP contribution in [0, 0.1) is 0 Å². The Kier molecular flexibility index (Phi) is 4.63. The Hall–Kier alpha value is -1.66. The van der Waals surface area contributed by atoms with Crippen LogP contribution >= 0.6 is 0 Å². The fraction of sp³-hybridized carbons (Fsp3) is 0.250. The summed E-state index contributed by atoms with van der Waals surface area (Å²) in [6.45, 7) is 9.17. The van der Waals surface area contributed by atoms with E-state index in [2.05, 4.69) is 23.5 Å². The van der Waals surface area contributed by atoms with Crippen molar-refractivity contribution in [1.29, 1.82) is 0 Å². The van der Waals surface area contributed by atoms with Crippen molar-refractivity contribution in [2.24, 2.45) is 10.1 Å². The molecule has 0 aromatic carbocycles. The van der Waals surface area contributed by atoms with E-state index in [1.54, 1.807) is 25.2 Å². The van der Waals surface area contributed by atoms with Gasteiger partial charge in [-0.3, -0.25) is 4.99 Å². The van der Waals surface area contributed by atoms with Crippen LogP contribution < -0.4 is 10.5 Å². The normalized spacial score (nSPS) is 32.3. The van der Waals surface area contributed by atoms with Crippen LogP contribution in [0.4, 0.5) is 0 Å². The Morgan fingerprint density at radius 2 is 2.06 bits per heavy atom. The molecule has 0 amide bonds. The van der Waals surface area contributed by atoms with Crippen LogP contribution in [0.25, 0.3) is 0 Å². The molecule has 6 heteroatoms. The summed E-state index contributed by atoms with van der Waals surface area (Å²) in [7, 11) is -3.76. The summed E-state index contributed by atoms with van der Waals surface area (Å²) in [6.07, 6.45) is 7.67. The van der Waals surface area contributed by atoms with Gasteiger partial charge in [0.05, 0.1) is 17.0 Å². The number of aliphatic imine (C=N–C) groups is 1. The van der Waals surface area contributed by atoms with Crippen molar-refractivity contribution in [3.63, 3.8) is 0 Å². The molecule has 1 aliphatic rings. The number of hydrogen-bond acceptors (Lipinski definition) is 4. The van der Waals surface area contributed by atoms with Crippen molar-refractivity contribution in [1.82, 2.24) is 5.32 Å². The van der Waals surface area contributed by atoms with E-state index in [0.717, 1.165) is 0 Å². The maximum atomic E-state index is 11.3. The van der Waals surface area contributed by atoms with E-state index in [9.17, 15) is 8.42 Å². The molecule has 0 aromatic rings. The van der Waals surface area contributed by atoms with Gasteiger partial charge in [0.15, 0.2) is 0 Å². The molecule has 1 rings (SSSR count). The van der Waals surface area contributed by atoms with Crippen LogP contribution in [-0.4, -0.2) is 26.2 Å². The molecule has 98 valence electrons. The molecule has 1 heterocycles. The lowest BCUT2D eigenvalue weighted by atomic mass is 10.1. The Morgan fingerprint density at radius 3 is 2.56 bits per heavy atom. The van der Waals surface area contributed by atoms with Crippen molar-refractivity contribution in [3.05, 3.63) is 48.6 Å². The van der Waals surface area contributed by atoms with E-state index in [1.165, 1.54) is 12.3 Å². The van der Waals surface area contributed by atoms with E-state index < -0.39 is 10.0 Å². The van der Waals surface area contributed by atoms with Gasteiger partial charge in [-0.05, 0) is 19.1 Å². The fourth-order valence-corrected chi connectivity index (χ4v) is 1.96. The molecule has 0 spiro atoms. The molecule has 0 saturated heterocycles. The van der Waals surface area contributed by atoms with Crippen LogP contribution in [0.1, 0.15) is 6.92 Å². The molecule has 5 nitrogen and oxygen atoms in total. The molecular weight excluding hydrogens is 250 g/mol. The molecule has 0 aromatic heterocycles. The number of sulfonamides is 1. The lowest BCUT2D eigenvalue weighted by molar-refractivity contribution is 0.602. The third-order valence-corrected chi connectivity index (χ3v) is 3.36. The van der Waals surface area contributed by atoms with Crippen LogP contribution in [0.2, 0.25) is 0 Å². The summed E-state index contributed by atoms with van der Waals surface area (Å²) in [5, 5.41) is 8.03. The Morgan fingerprint density at radius 1 is 1.39 bits per heavy atom. The second-order valence-electron chi connectivity index (χ2n) is 3.85. The molecule has 0 aliphatic carbocycles. The van der Waals surface area contributed by atoms with Crippen LogP contribution in [0.5, 0.6) is 0 Å². The Bertz CT molecular complexity index is 530. The van der Waals surface area contributed by atoms with Gasteiger partial charge in [-0.15, -0.1) is 13.2 Å². The molecule has 0 saturated carbocycles. The van der Waals surface area contributed by atoms with E-state index in [-0.39, 0.29) is 17.0 Å². The highest BCUT2D eigenvalue weighted by Gasteiger charge is 2.16. The lowest BCUT2D eigenvalue weighted by Gasteiger charge is -2.18. The molecule has 18 heavy (non-hydrogen) atoms. The van der Waals surface area contributed by atoms with Crippen molar-refractivity contribution in [2.75, 3.05) is 0 Å². The standard InChI is InChI=1S/C12H17N3O2S/c1-4-11-12(5-2)15-9(3)6-7-10(8-14-11)18(13,16)17/h4-8,11-12,14H,1-2H2,3H3,(H2,13,16,17)/b7-6-,10-8+,15-9+/t11?,12-/m1/s1. The fourth-order valence-electron chi connectivity index (χ4n) is 1.47. The number of rotatable bonds is 3. The highest BCUT2D eigenvalue weighted by molar-refractivity contribution is 7.93. The minimum Gasteiger partial charge on any atom is -0.381 e. The average molecular weight is 267 g/mol. The third-order valence-electron chi connectivity index (χ3n) is 2.45. The first-order valence-electron chi connectivity index (χ1n) is 5.35. The minimum absolute atomic E-state index is 0.00591. The second-order valence-corrected chi connectivity index (χ2v) is 5.41. The van der Waals surface area contributed by atoms with Gasteiger partial charge in [0.1, 0.15) is 0 Å². The summed E-state index contributed by atoms with van der Waals surface area (Å²) in [5.74, 6) is 0. The van der Waals surface area contributed by atoms with Crippen LogP contribution in [0.15, 0.2) is 53.6 Å². The Balaban J connectivity index is 3.24. The molecule has 1 unspecified atom stereocenters.